The average Bonchev–Trinajstić information content (AvgIpc) is 3.36. The quantitative estimate of drug-likeness (QED) is 0.359. The number of aromatic nitrogens is 1. The predicted molar refractivity (Wildman–Crippen MR) is 106 cm³/mol. The van der Waals surface area contributed by atoms with E-state index in [1.54, 1.807) is 5.38 Å². The number of hydrogen-bond acceptors (Lipinski definition) is 9. The molecule has 0 spiro atoms. The molecule has 2 aromatic carbocycles. The van der Waals surface area contributed by atoms with Crippen molar-refractivity contribution < 1.29 is 22.8 Å². The molecule has 29 heavy (non-hydrogen) atoms. The van der Waals surface area contributed by atoms with E-state index in [9.17, 15) is 18.5 Å². The van der Waals surface area contributed by atoms with Gasteiger partial charge in [0.1, 0.15) is 0 Å². The van der Waals surface area contributed by atoms with Gasteiger partial charge in [-0.3, -0.25) is 19.8 Å². The van der Waals surface area contributed by atoms with Crippen molar-refractivity contribution in [1.82, 2.24) is 4.98 Å². The zero-order chi connectivity index (χ0) is 20.4. The standard InChI is InChI=1S/C17H12N4O6S2/c22-21(23)14-8-16-15(26-10-27-16)7-11(14)9-19-12-1-3-13(4-2-12)29(24,25)20-17-18-5-6-28-17/h1-9H,10H2,(H,18,20)/b19-9+. The Bertz CT molecular complexity index is 1190. The third-order valence-corrected chi connectivity index (χ3v) is 6.04. The number of fused-ring (bicyclic) bond motifs is 1. The minimum absolute atomic E-state index is 0.00194. The first kappa shape index (κ1) is 18.8. The highest BCUT2D eigenvalue weighted by atomic mass is 32.2. The van der Waals surface area contributed by atoms with E-state index in [1.807, 2.05) is 0 Å². The summed E-state index contributed by atoms with van der Waals surface area (Å²) in [5, 5.41) is 13.2. The first-order valence-electron chi connectivity index (χ1n) is 8.07. The van der Waals surface area contributed by atoms with Gasteiger partial charge in [0, 0.05) is 17.8 Å². The van der Waals surface area contributed by atoms with Gasteiger partial charge in [0.15, 0.2) is 16.6 Å². The van der Waals surface area contributed by atoms with Crippen molar-refractivity contribution in [2.24, 2.45) is 4.99 Å². The Labute approximate surface area is 168 Å². The van der Waals surface area contributed by atoms with Gasteiger partial charge in [-0.2, -0.15) is 0 Å². The van der Waals surface area contributed by atoms with Crippen LogP contribution in [0.5, 0.6) is 11.5 Å². The minimum Gasteiger partial charge on any atom is -0.454 e. The maximum atomic E-state index is 12.3. The highest BCUT2D eigenvalue weighted by molar-refractivity contribution is 7.93. The zero-order valence-corrected chi connectivity index (χ0v) is 16.1. The number of nitro benzene ring substituents is 1. The lowest BCUT2D eigenvalue weighted by Gasteiger charge is -2.05. The number of hydrogen-bond donors (Lipinski definition) is 1. The molecule has 0 saturated heterocycles. The van der Waals surface area contributed by atoms with Gasteiger partial charge in [-0.1, -0.05) is 0 Å². The van der Waals surface area contributed by atoms with Crippen LogP contribution in [0.2, 0.25) is 0 Å². The molecule has 1 aliphatic rings. The van der Waals surface area contributed by atoms with Crippen molar-refractivity contribution in [2.75, 3.05) is 11.5 Å². The molecule has 1 N–H and O–H groups in total. The monoisotopic (exact) mass is 432 g/mol. The Kier molecular flexibility index (Phi) is 4.86. The summed E-state index contributed by atoms with van der Waals surface area (Å²) in [6.07, 6.45) is 2.81. The number of nitrogens with zero attached hydrogens (tertiary/aromatic N) is 3. The zero-order valence-electron chi connectivity index (χ0n) is 14.5. The summed E-state index contributed by atoms with van der Waals surface area (Å²) in [6, 6.07) is 8.51. The second kappa shape index (κ2) is 7.48. The lowest BCUT2D eigenvalue weighted by Crippen LogP contribution is -2.12. The molecule has 0 saturated carbocycles. The molecule has 0 amide bonds. The summed E-state index contributed by atoms with van der Waals surface area (Å²) in [5.41, 5.74) is 0.483. The van der Waals surface area contributed by atoms with Crippen LogP contribution >= 0.6 is 11.3 Å². The molecule has 2 heterocycles. The van der Waals surface area contributed by atoms with Gasteiger partial charge in [0.05, 0.1) is 27.1 Å². The van der Waals surface area contributed by atoms with Crippen LogP contribution in [0, 0.1) is 10.1 Å². The molecule has 0 aliphatic carbocycles. The van der Waals surface area contributed by atoms with Crippen molar-refractivity contribution in [3.8, 4) is 11.5 Å². The van der Waals surface area contributed by atoms with E-state index in [1.165, 1.54) is 60.1 Å². The molecule has 10 nitrogen and oxygen atoms in total. The van der Waals surface area contributed by atoms with Crippen molar-refractivity contribution in [2.45, 2.75) is 4.90 Å². The largest absolute Gasteiger partial charge is 0.454 e. The number of nitro groups is 1. The van der Waals surface area contributed by atoms with Crippen LogP contribution < -0.4 is 14.2 Å². The smallest absolute Gasteiger partial charge is 0.282 e. The van der Waals surface area contributed by atoms with E-state index >= 15 is 0 Å². The summed E-state index contributed by atoms with van der Waals surface area (Å²) in [7, 11) is -3.77. The van der Waals surface area contributed by atoms with Crippen LogP contribution in [0.15, 0.2) is 57.9 Å². The molecule has 148 valence electrons. The van der Waals surface area contributed by atoms with Gasteiger partial charge in [0.2, 0.25) is 6.79 Å². The number of thiazole rings is 1. The highest BCUT2D eigenvalue weighted by Gasteiger charge is 2.22. The minimum atomic E-state index is -3.77. The molecule has 3 aromatic rings. The van der Waals surface area contributed by atoms with Gasteiger partial charge < -0.3 is 9.47 Å². The SMILES string of the molecule is O=[N+]([O-])c1cc2c(cc1/C=N/c1ccc(S(=O)(=O)Nc3nccs3)cc1)OCO2. The van der Waals surface area contributed by atoms with Gasteiger partial charge >= 0.3 is 0 Å². The van der Waals surface area contributed by atoms with E-state index in [-0.39, 0.29) is 28.1 Å². The fourth-order valence-corrected chi connectivity index (χ4v) is 4.30. The molecule has 4 rings (SSSR count). The lowest BCUT2D eigenvalue weighted by molar-refractivity contribution is -0.385. The van der Waals surface area contributed by atoms with Crippen LogP contribution in [0.1, 0.15) is 5.56 Å². The molecule has 0 unspecified atom stereocenters. The number of aliphatic imine (C=N–C) groups is 1. The normalized spacial score (nSPS) is 13.0. The van der Waals surface area contributed by atoms with E-state index in [0.29, 0.717) is 17.2 Å². The van der Waals surface area contributed by atoms with Crippen molar-refractivity contribution >= 4 is 44.1 Å². The second-order valence-corrected chi connectivity index (χ2v) is 8.29. The Morgan fingerprint density at radius 3 is 2.59 bits per heavy atom. The van der Waals surface area contributed by atoms with Crippen molar-refractivity contribution in [3.63, 3.8) is 0 Å². The fraction of sp³-hybridized carbons (Fsp3) is 0.0588. The number of anilines is 1. The maximum Gasteiger partial charge on any atom is 0.282 e. The summed E-state index contributed by atoms with van der Waals surface area (Å²) in [6.45, 7) is -0.00194. The number of ether oxygens (including phenoxy) is 2. The Balaban J connectivity index is 1.56. The molecule has 0 radical (unpaired) electrons. The molecular formula is C17H12N4O6S2. The van der Waals surface area contributed by atoms with E-state index < -0.39 is 14.9 Å². The number of nitrogens with one attached hydrogen (secondary N) is 1. The average molecular weight is 432 g/mol. The second-order valence-electron chi connectivity index (χ2n) is 5.72. The number of benzene rings is 2. The summed E-state index contributed by atoms with van der Waals surface area (Å²) >= 11 is 1.17. The molecule has 0 atom stereocenters. The Morgan fingerprint density at radius 1 is 1.21 bits per heavy atom. The first-order valence-corrected chi connectivity index (χ1v) is 10.4. The third-order valence-electron chi connectivity index (χ3n) is 3.87. The van der Waals surface area contributed by atoms with Gasteiger partial charge in [-0.15, -0.1) is 11.3 Å². The molecule has 1 aliphatic heterocycles. The van der Waals surface area contributed by atoms with Gasteiger partial charge in [0.25, 0.3) is 15.7 Å². The van der Waals surface area contributed by atoms with Crippen molar-refractivity contribution in [3.05, 3.63) is 63.7 Å². The molecular weight excluding hydrogens is 420 g/mol. The van der Waals surface area contributed by atoms with E-state index in [2.05, 4.69) is 14.7 Å². The highest BCUT2D eigenvalue weighted by Crippen LogP contribution is 2.37. The number of sulfonamides is 1. The molecule has 1 aromatic heterocycles. The first-order chi connectivity index (χ1) is 13.9. The molecule has 12 heteroatoms. The fourth-order valence-electron chi connectivity index (χ4n) is 2.51. The van der Waals surface area contributed by atoms with Gasteiger partial charge in [-0.25, -0.2) is 13.4 Å². The van der Waals surface area contributed by atoms with Crippen molar-refractivity contribution in [1.29, 1.82) is 0 Å². The van der Waals surface area contributed by atoms with E-state index in [0.717, 1.165) is 0 Å². The summed E-state index contributed by atoms with van der Waals surface area (Å²) in [4.78, 5) is 18.9. The van der Waals surface area contributed by atoms with Crippen LogP contribution in [0.25, 0.3) is 0 Å². The van der Waals surface area contributed by atoms with Gasteiger partial charge in [-0.05, 0) is 30.3 Å². The predicted octanol–water partition coefficient (Wildman–Crippen LogP) is 3.33. The van der Waals surface area contributed by atoms with Crippen LogP contribution in [-0.2, 0) is 10.0 Å². The van der Waals surface area contributed by atoms with E-state index in [4.69, 9.17) is 9.47 Å². The topological polar surface area (TPSA) is 133 Å². The summed E-state index contributed by atoms with van der Waals surface area (Å²) < 4.78 is 37.4. The van der Waals surface area contributed by atoms with Crippen LogP contribution in [0.4, 0.5) is 16.5 Å². The molecule has 0 fully saturated rings. The van der Waals surface area contributed by atoms with Crippen LogP contribution in [0.3, 0.4) is 0 Å². The number of rotatable bonds is 6. The molecule has 0 bridgehead atoms. The Hall–Kier alpha value is -3.51. The Morgan fingerprint density at radius 2 is 1.93 bits per heavy atom. The maximum absolute atomic E-state index is 12.3. The summed E-state index contributed by atoms with van der Waals surface area (Å²) in [5.74, 6) is 0.697. The lowest BCUT2D eigenvalue weighted by atomic mass is 10.1. The third kappa shape index (κ3) is 4.02. The van der Waals surface area contributed by atoms with Crippen LogP contribution in [-0.4, -0.2) is 31.3 Å².